The summed E-state index contributed by atoms with van der Waals surface area (Å²) in [6.45, 7) is 13.6. The second-order valence-electron chi connectivity index (χ2n) is 8.10. The van der Waals surface area contributed by atoms with Crippen molar-refractivity contribution in [2.45, 2.75) is 76.9 Å². The molecule has 1 aromatic rings. The highest BCUT2D eigenvalue weighted by molar-refractivity contribution is 7.09. The van der Waals surface area contributed by atoms with E-state index in [1.165, 1.54) is 36.5 Å². The molecule has 1 saturated carbocycles. The number of thiazole rings is 1. The Morgan fingerprint density at radius 1 is 1.38 bits per heavy atom. The highest BCUT2D eigenvalue weighted by Crippen LogP contribution is 2.39. The summed E-state index contributed by atoms with van der Waals surface area (Å²) in [7, 11) is 0. The summed E-state index contributed by atoms with van der Waals surface area (Å²) in [5.74, 6) is 0. The van der Waals surface area contributed by atoms with Gasteiger partial charge in [0, 0.05) is 36.0 Å². The lowest BCUT2D eigenvalue weighted by atomic mass is 9.93. The monoisotopic (exact) mass is 307 g/mol. The van der Waals surface area contributed by atoms with Gasteiger partial charge in [-0.3, -0.25) is 4.90 Å². The van der Waals surface area contributed by atoms with Crippen LogP contribution in [-0.4, -0.2) is 35.1 Å². The Morgan fingerprint density at radius 3 is 2.57 bits per heavy atom. The minimum absolute atomic E-state index is 0.0968. The Kier molecular flexibility index (Phi) is 3.92. The maximum absolute atomic E-state index is 5.04. The third-order valence-corrected chi connectivity index (χ3v) is 5.82. The molecular weight excluding hydrogens is 278 g/mol. The predicted octanol–water partition coefficient (Wildman–Crippen LogP) is 3.50. The Balaban J connectivity index is 1.87. The van der Waals surface area contributed by atoms with Crippen LogP contribution in [0.5, 0.6) is 0 Å². The van der Waals surface area contributed by atoms with E-state index >= 15 is 0 Å². The largest absolute Gasteiger partial charge is 0.301 e. The number of hydrogen-bond donors (Lipinski definition) is 1. The van der Waals surface area contributed by atoms with Gasteiger partial charge in [0.25, 0.3) is 0 Å². The summed E-state index contributed by atoms with van der Waals surface area (Å²) in [6.07, 6.45) is 3.86. The van der Waals surface area contributed by atoms with Crippen molar-refractivity contribution in [1.82, 2.24) is 15.2 Å². The Hall–Kier alpha value is -0.450. The molecule has 0 spiro atoms. The molecular formula is C17H29N3S. The lowest BCUT2D eigenvalue weighted by Crippen LogP contribution is -2.46. The second kappa shape index (κ2) is 5.32. The molecule has 2 aliphatic rings. The third kappa shape index (κ3) is 3.17. The van der Waals surface area contributed by atoms with Crippen molar-refractivity contribution in [3.8, 4) is 0 Å². The van der Waals surface area contributed by atoms with E-state index in [0.29, 0.717) is 6.04 Å². The van der Waals surface area contributed by atoms with Crippen molar-refractivity contribution in [1.29, 1.82) is 0 Å². The van der Waals surface area contributed by atoms with Crippen LogP contribution in [0.2, 0.25) is 0 Å². The van der Waals surface area contributed by atoms with Crippen molar-refractivity contribution >= 4 is 11.3 Å². The van der Waals surface area contributed by atoms with Crippen LogP contribution in [0.3, 0.4) is 0 Å². The van der Waals surface area contributed by atoms with E-state index in [1.54, 1.807) is 0 Å². The van der Waals surface area contributed by atoms with Crippen LogP contribution >= 0.6 is 11.3 Å². The molecule has 118 valence electrons. The first-order valence-corrected chi connectivity index (χ1v) is 9.16. The van der Waals surface area contributed by atoms with Crippen LogP contribution < -0.4 is 5.32 Å². The molecule has 21 heavy (non-hydrogen) atoms. The van der Waals surface area contributed by atoms with Crippen molar-refractivity contribution in [3.05, 3.63) is 16.1 Å². The minimum Gasteiger partial charge on any atom is -0.301 e. The van der Waals surface area contributed by atoms with Gasteiger partial charge in [-0.05, 0) is 33.1 Å². The fourth-order valence-corrected chi connectivity index (χ4v) is 4.32. The normalized spacial score (nSPS) is 27.7. The zero-order valence-corrected chi connectivity index (χ0v) is 14.9. The van der Waals surface area contributed by atoms with E-state index in [4.69, 9.17) is 4.98 Å². The highest BCUT2D eigenvalue weighted by atomic mass is 32.1. The van der Waals surface area contributed by atoms with Crippen LogP contribution in [0.4, 0.5) is 0 Å². The van der Waals surface area contributed by atoms with E-state index in [1.807, 2.05) is 11.3 Å². The molecule has 2 fully saturated rings. The number of nitrogens with zero attached hydrogens (tertiary/aromatic N) is 2. The van der Waals surface area contributed by atoms with Crippen LogP contribution in [0.15, 0.2) is 5.38 Å². The number of nitrogens with one attached hydrogen (secondary N) is 1. The molecule has 0 bridgehead atoms. The van der Waals surface area contributed by atoms with Gasteiger partial charge in [0.2, 0.25) is 0 Å². The summed E-state index contributed by atoms with van der Waals surface area (Å²) in [5.41, 5.74) is 1.48. The highest BCUT2D eigenvalue weighted by Gasteiger charge is 2.45. The van der Waals surface area contributed by atoms with E-state index in [0.717, 1.165) is 12.6 Å². The van der Waals surface area contributed by atoms with Crippen LogP contribution in [0.25, 0.3) is 0 Å². The first kappa shape index (κ1) is 15.4. The van der Waals surface area contributed by atoms with E-state index < -0.39 is 0 Å². The molecule has 1 atom stereocenters. The molecule has 0 radical (unpaired) electrons. The molecule has 1 N–H and O–H groups in total. The van der Waals surface area contributed by atoms with Gasteiger partial charge < -0.3 is 5.32 Å². The van der Waals surface area contributed by atoms with Gasteiger partial charge in [0.15, 0.2) is 0 Å². The predicted molar refractivity (Wildman–Crippen MR) is 90.0 cm³/mol. The maximum atomic E-state index is 5.04. The Labute approximate surface area is 133 Å². The quantitative estimate of drug-likeness (QED) is 0.923. The zero-order valence-electron chi connectivity index (χ0n) is 14.1. The van der Waals surface area contributed by atoms with Gasteiger partial charge in [-0.2, -0.15) is 0 Å². The fourth-order valence-electron chi connectivity index (χ4n) is 3.09. The summed E-state index contributed by atoms with van der Waals surface area (Å²) in [6, 6.07) is 1.34. The fraction of sp³-hybridized carbons (Fsp3) is 0.824. The smallest absolute Gasteiger partial charge is 0.114 e. The van der Waals surface area contributed by atoms with Crippen molar-refractivity contribution in [2.75, 3.05) is 13.1 Å². The summed E-state index contributed by atoms with van der Waals surface area (Å²) >= 11 is 1.86. The first-order chi connectivity index (χ1) is 9.80. The molecule has 1 aliphatic heterocycles. The number of rotatable bonds is 4. The molecule has 1 aromatic heterocycles. The molecule has 0 amide bonds. The summed E-state index contributed by atoms with van der Waals surface area (Å²) in [5, 5.41) is 7.51. The van der Waals surface area contributed by atoms with Crippen LogP contribution in [-0.2, 0) is 11.0 Å². The van der Waals surface area contributed by atoms with Crippen molar-refractivity contribution in [2.24, 2.45) is 0 Å². The van der Waals surface area contributed by atoms with Gasteiger partial charge >= 0.3 is 0 Å². The molecule has 3 nitrogen and oxygen atoms in total. The number of hydrogen-bond acceptors (Lipinski definition) is 4. The van der Waals surface area contributed by atoms with Crippen molar-refractivity contribution < 1.29 is 0 Å². The average Bonchev–Trinajstić information content (AvgIpc) is 2.92. The van der Waals surface area contributed by atoms with Crippen molar-refractivity contribution in [3.63, 3.8) is 0 Å². The zero-order chi connectivity index (χ0) is 15.3. The van der Waals surface area contributed by atoms with Gasteiger partial charge in [-0.1, -0.05) is 20.8 Å². The standard InChI is InChI=1S/C17H29N3S/c1-12(2)20-9-8-17(11-20,19-13-6-7-13)15-18-14(10-21-15)16(3,4)5/h10,12-13,19H,6-9,11H2,1-5H3. The molecule has 3 rings (SSSR count). The van der Waals surface area contributed by atoms with Crippen LogP contribution in [0, 0.1) is 0 Å². The Morgan fingerprint density at radius 2 is 2.10 bits per heavy atom. The van der Waals surface area contributed by atoms with Gasteiger partial charge in [0.1, 0.15) is 5.01 Å². The van der Waals surface area contributed by atoms with E-state index in [2.05, 4.69) is 50.2 Å². The molecule has 2 heterocycles. The Bertz CT molecular complexity index is 498. The minimum atomic E-state index is 0.0968. The topological polar surface area (TPSA) is 28.2 Å². The molecule has 1 saturated heterocycles. The van der Waals surface area contributed by atoms with E-state index in [9.17, 15) is 0 Å². The summed E-state index contributed by atoms with van der Waals surface area (Å²) < 4.78 is 0. The molecule has 1 unspecified atom stereocenters. The van der Waals surface area contributed by atoms with Crippen LogP contribution in [0.1, 0.15) is 64.6 Å². The lowest BCUT2D eigenvalue weighted by Gasteiger charge is -2.30. The molecule has 1 aliphatic carbocycles. The average molecular weight is 308 g/mol. The van der Waals surface area contributed by atoms with E-state index in [-0.39, 0.29) is 11.0 Å². The second-order valence-corrected chi connectivity index (χ2v) is 8.96. The van der Waals surface area contributed by atoms with Gasteiger partial charge in [-0.25, -0.2) is 4.98 Å². The van der Waals surface area contributed by atoms with Gasteiger partial charge in [-0.15, -0.1) is 11.3 Å². The van der Waals surface area contributed by atoms with Gasteiger partial charge in [0.05, 0.1) is 11.2 Å². The number of likely N-dealkylation sites (tertiary alicyclic amines) is 1. The molecule has 4 heteroatoms. The SMILES string of the molecule is CC(C)N1CCC(NC2CC2)(c2nc(C(C)(C)C)cs2)C1. The first-order valence-electron chi connectivity index (χ1n) is 8.28. The summed E-state index contributed by atoms with van der Waals surface area (Å²) in [4.78, 5) is 7.63. The molecule has 0 aromatic carbocycles. The third-order valence-electron chi connectivity index (χ3n) is 4.77. The lowest BCUT2D eigenvalue weighted by molar-refractivity contribution is 0.238. The number of aromatic nitrogens is 1. The maximum Gasteiger partial charge on any atom is 0.114 e.